The maximum absolute atomic E-state index is 9.73. The van der Waals surface area contributed by atoms with E-state index in [1.807, 2.05) is 12.1 Å². The first-order chi connectivity index (χ1) is 7.31. The number of rotatable bonds is 3. The van der Waals surface area contributed by atoms with Gasteiger partial charge in [0.25, 0.3) is 0 Å². The summed E-state index contributed by atoms with van der Waals surface area (Å²) in [6.45, 7) is 2.28. The Morgan fingerprint density at radius 1 is 1.47 bits per heavy atom. The van der Waals surface area contributed by atoms with E-state index in [1.165, 1.54) is 35.6 Å². The molecule has 1 aromatic rings. The Balaban J connectivity index is 2.07. The van der Waals surface area contributed by atoms with Gasteiger partial charge < -0.3 is 0 Å². The van der Waals surface area contributed by atoms with Crippen LogP contribution in [-0.4, -0.2) is 20.9 Å². The van der Waals surface area contributed by atoms with Crippen molar-refractivity contribution in [1.29, 1.82) is 0 Å². The van der Waals surface area contributed by atoms with Gasteiger partial charge in [-0.2, -0.15) is 0 Å². The molecule has 0 bridgehead atoms. The SMILES string of the molecule is CCC[AsH]C1CCc2c(O)cccc2C1. The molecule has 0 aromatic heterocycles. The summed E-state index contributed by atoms with van der Waals surface area (Å²) in [5.41, 5.74) is 2.63. The molecule has 1 nitrogen and oxygen atoms in total. The molecule has 1 N–H and O–H groups in total. The molecule has 0 aliphatic heterocycles. The average molecular weight is 266 g/mol. The summed E-state index contributed by atoms with van der Waals surface area (Å²) in [7, 11) is 0. The van der Waals surface area contributed by atoms with Crippen molar-refractivity contribution in [3.05, 3.63) is 29.3 Å². The van der Waals surface area contributed by atoms with Crippen molar-refractivity contribution in [2.75, 3.05) is 0 Å². The van der Waals surface area contributed by atoms with Gasteiger partial charge in [0.2, 0.25) is 0 Å². The first-order valence-corrected chi connectivity index (χ1v) is 8.54. The zero-order valence-corrected chi connectivity index (χ0v) is 11.4. The number of phenolic OH excluding ortho intramolecular Hbond substituents is 1. The molecular weight excluding hydrogens is 247 g/mol. The average Bonchev–Trinajstić information content (AvgIpc) is 2.26. The van der Waals surface area contributed by atoms with Crippen LogP contribution in [0.25, 0.3) is 0 Å². The Morgan fingerprint density at radius 2 is 2.33 bits per heavy atom. The first-order valence-electron chi connectivity index (χ1n) is 5.84. The van der Waals surface area contributed by atoms with E-state index in [0.717, 1.165) is 11.1 Å². The van der Waals surface area contributed by atoms with Crippen LogP contribution in [0.15, 0.2) is 18.2 Å². The van der Waals surface area contributed by atoms with Crippen molar-refractivity contribution in [3.8, 4) is 5.75 Å². The Labute approximate surface area is 98.6 Å². The second-order valence-corrected chi connectivity index (χ2v) is 7.93. The van der Waals surface area contributed by atoms with E-state index in [1.54, 1.807) is 0 Å². The van der Waals surface area contributed by atoms with Crippen LogP contribution >= 0.6 is 0 Å². The monoisotopic (exact) mass is 266 g/mol. The van der Waals surface area contributed by atoms with E-state index in [2.05, 4.69) is 13.0 Å². The number of aromatic hydroxyl groups is 1. The van der Waals surface area contributed by atoms with Gasteiger partial charge in [-0.05, 0) is 0 Å². The van der Waals surface area contributed by atoms with Crippen LogP contribution in [0, 0.1) is 0 Å². The number of hydrogen-bond acceptors (Lipinski definition) is 1. The molecule has 0 heterocycles. The fourth-order valence-corrected chi connectivity index (χ4v) is 5.27. The van der Waals surface area contributed by atoms with Crippen molar-refractivity contribution in [3.63, 3.8) is 0 Å². The van der Waals surface area contributed by atoms with Crippen LogP contribution in [0.2, 0.25) is 9.91 Å². The third-order valence-electron chi connectivity index (χ3n) is 3.14. The summed E-state index contributed by atoms with van der Waals surface area (Å²) >= 11 is 0.254. The molecule has 2 atom stereocenters. The predicted molar refractivity (Wildman–Crippen MR) is 66.1 cm³/mol. The van der Waals surface area contributed by atoms with Crippen LogP contribution in [0.1, 0.15) is 30.9 Å². The van der Waals surface area contributed by atoms with Crippen LogP contribution < -0.4 is 0 Å². The zero-order valence-electron chi connectivity index (χ0n) is 9.29. The number of hydrogen-bond donors (Lipinski definition) is 1. The van der Waals surface area contributed by atoms with Gasteiger partial charge in [0.1, 0.15) is 0 Å². The fourth-order valence-electron chi connectivity index (χ4n) is 2.31. The fraction of sp³-hybridized carbons (Fsp3) is 0.538. The topological polar surface area (TPSA) is 20.2 Å². The van der Waals surface area contributed by atoms with E-state index in [4.69, 9.17) is 0 Å². The van der Waals surface area contributed by atoms with Crippen LogP contribution in [0.3, 0.4) is 0 Å². The summed E-state index contributed by atoms with van der Waals surface area (Å²) < 4.78 is 0.972. The third-order valence-corrected chi connectivity index (χ3v) is 7.04. The summed E-state index contributed by atoms with van der Waals surface area (Å²) in [5.74, 6) is 0.515. The second kappa shape index (κ2) is 5.07. The molecule has 2 heteroatoms. The molecule has 1 aliphatic carbocycles. The molecule has 82 valence electrons. The van der Waals surface area contributed by atoms with Gasteiger partial charge in [-0.15, -0.1) is 0 Å². The van der Waals surface area contributed by atoms with Crippen molar-refractivity contribution >= 4 is 15.8 Å². The molecule has 0 saturated carbocycles. The molecule has 0 spiro atoms. The van der Waals surface area contributed by atoms with E-state index in [9.17, 15) is 5.11 Å². The quantitative estimate of drug-likeness (QED) is 0.834. The Hall–Kier alpha value is -0.422. The Morgan fingerprint density at radius 3 is 3.13 bits per heavy atom. The van der Waals surface area contributed by atoms with Crippen molar-refractivity contribution in [2.45, 2.75) is 42.5 Å². The van der Waals surface area contributed by atoms with E-state index >= 15 is 0 Å². The molecule has 2 unspecified atom stereocenters. The second-order valence-electron chi connectivity index (χ2n) is 4.31. The van der Waals surface area contributed by atoms with Gasteiger partial charge >= 0.3 is 98.5 Å². The molecule has 1 aromatic carbocycles. The molecule has 0 radical (unpaired) electrons. The molecular formula is C13H19AsO. The minimum atomic E-state index is 0.254. The van der Waals surface area contributed by atoms with E-state index in [-0.39, 0.29) is 15.8 Å². The summed E-state index contributed by atoms with van der Waals surface area (Å²) in [6.07, 6.45) is 4.98. The summed E-state index contributed by atoms with van der Waals surface area (Å²) in [5, 5.41) is 11.2. The number of fused-ring (bicyclic) bond motifs is 1. The van der Waals surface area contributed by atoms with Gasteiger partial charge in [-0.3, -0.25) is 0 Å². The predicted octanol–water partition coefficient (Wildman–Crippen LogP) is 2.93. The number of phenols is 1. The van der Waals surface area contributed by atoms with Gasteiger partial charge in [-0.25, -0.2) is 0 Å². The van der Waals surface area contributed by atoms with Crippen molar-refractivity contribution in [1.82, 2.24) is 0 Å². The molecule has 0 amide bonds. The third kappa shape index (κ3) is 2.58. The van der Waals surface area contributed by atoms with E-state index < -0.39 is 0 Å². The molecule has 15 heavy (non-hydrogen) atoms. The van der Waals surface area contributed by atoms with Crippen LogP contribution in [0.4, 0.5) is 0 Å². The molecule has 1 aliphatic rings. The molecule has 0 saturated heterocycles. The number of benzene rings is 1. The van der Waals surface area contributed by atoms with Crippen molar-refractivity contribution in [2.24, 2.45) is 0 Å². The zero-order chi connectivity index (χ0) is 10.7. The Kier molecular flexibility index (Phi) is 3.75. The normalized spacial score (nSPS) is 20.7. The van der Waals surface area contributed by atoms with Crippen LogP contribution in [-0.2, 0) is 12.8 Å². The van der Waals surface area contributed by atoms with Crippen molar-refractivity contribution < 1.29 is 5.11 Å². The molecule has 2 rings (SSSR count). The summed E-state index contributed by atoms with van der Waals surface area (Å²) in [4.78, 5) is 0. The Bertz CT molecular complexity index is 335. The minimum absolute atomic E-state index is 0.254. The standard InChI is InChI=1S/C13H19AsO/c1-2-8-14-11-6-7-12-10(9-11)4-3-5-13(12)15/h3-5,11,14-15H,2,6-9H2,1H3. The summed E-state index contributed by atoms with van der Waals surface area (Å²) in [6, 6.07) is 6.00. The van der Waals surface area contributed by atoms with Gasteiger partial charge in [-0.1, -0.05) is 0 Å². The molecule has 0 fully saturated rings. The first kappa shape index (κ1) is 11.1. The van der Waals surface area contributed by atoms with Gasteiger partial charge in [0.15, 0.2) is 0 Å². The van der Waals surface area contributed by atoms with Crippen LogP contribution in [0.5, 0.6) is 5.75 Å². The van der Waals surface area contributed by atoms with Gasteiger partial charge in [0, 0.05) is 0 Å². The van der Waals surface area contributed by atoms with E-state index in [0.29, 0.717) is 5.75 Å². The van der Waals surface area contributed by atoms with Gasteiger partial charge in [0.05, 0.1) is 0 Å². The maximum atomic E-state index is 9.73.